The maximum atomic E-state index is 12.3. The summed E-state index contributed by atoms with van der Waals surface area (Å²) in [5.41, 5.74) is 5.84. The highest BCUT2D eigenvalue weighted by molar-refractivity contribution is 5.95. The Morgan fingerprint density at radius 1 is 1.07 bits per heavy atom. The molecule has 6 nitrogen and oxygen atoms in total. The number of carbonyl (C=O) groups is 1. The van der Waals surface area contributed by atoms with Crippen LogP contribution < -0.4 is 19.8 Å². The van der Waals surface area contributed by atoms with Crippen LogP contribution in [0.3, 0.4) is 0 Å². The molecule has 0 fully saturated rings. The van der Waals surface area contributed by atoms with Gasteiger partial charge in [-0.1, -0.05) is 0 Å². The Morgan fingerprint density at radius 2 is 1.74 bits per heavy atom. The predicted molar refractivity (Wildman–Crippen MR) is 109 cm³/mol. The van der Waals surface area contributed by atoms with Crippen molar-refractivity contribution < 1.29 is 14.3 Å². The van der Waals surface area contributed by atoms with Crippen molar-refractivity contribution in [1.29, 1.82) is 0 Å². The van der Waals surface area contributed by atoms with E-state index in [1.165, 1.54) is 0 Å². The predicted octanol–water partition coefficient (Wildman–Crippen LogP) is 3.62. The number of nitrogens with zero attached hydrogens (tertiary/aromatic N) is 2. The van der Waals surface area contributed by atoms with Crippen LogP contribution in [0.2, 0.25) is 0 Å². The standard InChI is InChI=1S/C21H27N3O3/c1-6-24(7-2)18-11-8-16(9-12-18)21(25)23-22-14-17-10-13-19(26-4)15(3)20(17)27-5/h8-14H,6-7H2,1-5H3,(H,23,25)/b22-14+. The third kappa shape index (κ3) is 4.78. The topological polar surface area (TPSA) is 63.2 Å². The second kappa shape index (κ2) is 9.62. The summed E-state index contributed by atoms with van der Waals surface area (Å²) in [5, 5.41) is 4.06. The zero-order chi connectivity index (χ0) is 19.8. The third-order valence-corrected chi connectivity index (χ3v) is 4.44. The Morgan fingerprint density at radius 3 is 2.30 bits per heavy atom. The molecule has 1 N–H and O–H groups in total. The number of methoxy groups -OCH3 is 2. The fourth-order valence-corrected chi connectivity index (χ4v) is 2.93. The van der Waals surface area contributed by atoms with E-state index < -0.39 is 0 Å². The summed E-state index contributed by atoms with van der Waals surface area (Å²) in [7, 11) is 3.20. The molecule has 0 heterocycles. The van der Waals surface area contributed by atoms with Gasteiger partial charge in [-0.25, -0.2) is 5.43 Å². The number of carbonyl (C=O) groups excluding carboxylic acids is 1. The average Bonchev–Trinajstić information content (AvgIpc) is 2.69. The molecular weight excluding hydrogens is 342 g/mol. The molecule has 1 amide bonds. The van der Waals surface area contributed by atoms with E-state index in [4.69, 9.17) is 9.47 Å². The first-order chi connectivity index (χ1) is 13.0. The fraction of sp³-hybridized carbons (Fsp3) is 0.333. The van der Waals surface area contributed by atoms with E-state index in [-0.39, 0.29) is 5.91 Å². The fourth-order valence-electron chi connectivity index (χ4n) is 2.93. The Labute approximate surface area is 160 Å². The number of ether oxygens (including phenoxy) is 2. The van der Waals surface area contributed by atoms with Gasteiger partial charge in [-0.15, -0.1) is 0 Å². The van der Waals surface area contributed by atoms with Crippen molar-refractivity contribution in [2.75, 3.05) is 32.2 Å². The number of hydrazone groups is 1. The number of hydrogen-bond acceptors (Lipinski definition) is 5. The van der Waals surface area contributed by atoms with E-state index in [0.29, 0.717) is 11.3 Å². The first-order valence-corrected chi connectivity index (χ1v) is 8.95. The van der Waals surface area contributed by atoms with Crippen LogP contribution in [0.15, 0.2) is 41.5 Å². The minimum Gasteiger partial charge on any atom is -0.496 e. The Bertz CT molecular complexity index is 797. The normalized spacial score (nSPS) is 10.7. The zero-order valence-corrected chi connectivity index (χ0v) is 16.6. The van der Waals surface area contributed by atoms with Crippen LogP contribution in [0, 0.1) is 6.92 Å². The van der Waals surface area contributed by atoms with Crippen molar-refractivity contribution in [2.24, 2.45) is 5.10 Å². The minimum atomic E-state index is -0.262. The van der Waals surface area contributed by atoms with Crippen LogP contribution in [-0.2, 0) is 0 Å². The molecule has 0 spiro atoms. The number of hydrogen-bond donors (Lipinski definition) is 1. The van der Waals surface area contributed by atoms with E-state index in [1.54, 1.807) is 32.6 Å². The van der Waals surface area contributed by atoms with Gasteiger partial charge in [0.25, 0.3) is 5.91 Å². The summed E-state index contributed by atoms with van der Waals surface area (Å²) in [4.78, 5) is 14.5. The molecule has 2 aromatic carbocycles. The molecule has 0 aromatic heterocycles. The van der Waals surface area contributed by atoms with Crippen molar-refractivity contribution in [1.82, 2.24) is 5.43 Å². The summed E-state index contributed by atoms with van der Waals surface area (Å²) in [5.74, 6) is 1.14. The van der Waals surface area contributed by atoms with E-state index in [9.17, 15) is 4.79 Å². The van der Waals surface area contributed by atoms with Gasteiger partial charge in [0.05, 0.1) is 20.4 Å². The molecule has 0 aliphatic rings. The molecule has 0 radical (unpaired) electrons. The average molecular weight is 369 g/mol. The molecule has 6 heteroatoms. The highest BCUT2D eigenvalue weighted by Gasteiger charge is 2.10. The summed E-state index contributed by atoms with van der Waals surface area (Å²) in [6.07, 6.45) is 1.56. The number of nitrogens with one attached hydrogen (secondary N) is 1. The van der Waals surface area contributed by atoms with Crippen molar-refractivity contribution >= 4 is 17.8 Å². The van der Waals surface area contributed by atoms with Gasteiger partial charge in [-0.05, 0) is 57.2 Å². The van der Waals surface area contributed by atoms with E-state index in [1.807, 2.05) is 31.2 Å². The number of rotatable bonds is 8. The minimum absolute atomic E-state index is 0.262. The quantitative estimate of drug-likeness (QED) is 0.570. The van der Waals surface area contributed by atoms with Gasteiger partial charge < -0.3 is 14.4 Å². The lowest BCUT2D eigenvalue weighted by atomic mass is 10.1. The molecule has 0 saturated carbocycles. The van der Waals surface area contributed by atoms with E-state index in [0.717, 1.165) is 35.7 Å². The molecule has 2 rings (SSSR count). The van der Waals surface area contributed by atoms with Gasteiger partial charge in [0, 0.05) is 35.5 Å². The monoisotopic (exact) mass is 369 g/mol. The largest absolute Gasteiger partial charge is 0.496 e. The molecule has 0 unspecified atom stereocenters. The lowest BCUT2D eigenvalue weighted by Crippen LogP contribution is -2.22. The van der Waals surface area contributed by atoms with Gasteiger partial charge in [0.15, 0.2) is 0 Å². The molecule has 144 valence electrons. The van der Waals surface area contributed by atoms with Crippen molar-refractivity contribution in [2.45, 2.75) is 20.8 Å². The second-order valence-corrected chi connectivity index (χ2v) is 5.93. The summed E-state index contributed by atoms with van der Waals surface area (Å²) in [6.45, 7) is 7.97. The van der Waals surface area contributed by atoms with Crippen molar-refractivity contribution in [3.05, 3.63) is 53.1 Å². The van der Waals surface area contributed by atoms with E-state index in [2.05, 4.69) is 29.3 Å². The van der Waals surface area contributed by atoms with Gasteiger partial charge in [0.2, 0.25) is 0 Å². The van der Waals surface area contributed by atoms with Crippen LogP contribution in [0.1, 0.15) is 35.3 Å². The summed E-state index contributed by atoms with van der Waals surface area (Å²) < 4.78 is 10.7. The zero-order valence-electron chi connectivity index (χ0n) is 16.6. The maximum Gasteiger partial charge on any atom is 0.271 e. The molecule has 0 aliphatic carbocycles. The Balaban J connectivity index is 2.08. The second-order valence-electron chi connectivity index (χ2n) is 5.93. The number of amides is 1. The van der Waals surface area contributed by atoms with Crippen LogP contribution in [0.5, 0.6) is 11.5 Å². The van der Waals surface area contributed by atoms with Crippen LogP contribution in [0.4, 0.5) is 5.69 Å². The Hall–Kier alpha value is -3.02. The van der Waals surface area contributed by atoms with Crippen molar-refractivity contribution in [3.63, 3.8) is 0 Å². The van der Waals surface area contributed by atoms with Crippen LogP contribution in [0.25, 0.3) is 0 Å². The number of benzene rings is 2. The summed E-state index contributed by atoms with van der Waals surface area (Å²) >= 11 is 0. The highest BCUT2D eigenvalue weighted by atomic mass is 16.5. The molecule has 2 aromatic rings. The maximum absolute atomic E-state index is 12.3. The van der Waals surface area contributed by atoms with Gasteiger partial charge in [-0.3, -0.25) is 4.79 Å². The van der Waals surface area contributed by atoms with Crippen LogP contribution >= 0.6 is 0 Å². The molecular formula is C21H27N3O3. The van der Waals surface area contributed by atoms with Gasteiger partial charge in [0.1, 0.15) is 11.5 Å². The Kier molecular flexibility index (Phi) is 7.23. The molecule has 0 atom stereocenters. The smallest absolute Gasteiger partial charge is 0.271 e. The first kappa shape index (κ1) is 20.3. The van der Waals surface area contributed by atoms with Gasteiger partial charge >= 0.3 is 0 Å². The SMILES string of the molecule is CCN(CC)c1ccc(C(=O)N/N=C/c2ccc(OC)c(C)c2OC)cc1. The van der Waals surface area contributed by atoms with Crippen molar-refractivity contribution in [3.8, 4) is 11.5 Å². The summed E-state index contributed by atoms with van der Waals surface area (Å²) in [6, 6.07) is 11.2. The molecule has 0 bridgehead atoms. The number of anilines is 1. The highest BCUT2D eigenvalue weighted by Crippen LogP contribution is 2.30. The lowest BCUT2D eigenvalue weighted by molar-refractivity contribution is 0.0955. The first-order valence-electron chi connectivity index (χ1n) is 8.95. The molecule has 0 saturated heterocycles. The molecule has 27 heavy (non-hydrogen) atoms. The van der Waals surface area contributed by atoms with Gasteiger partial charge in [-0.2, -0.15) is 5.10 Å². The van der Waals surface area contributed by atoms with Crippen LogP contribution in [-0.4, -0.2) is 39.4 Å². The van der Waals surface area contributed by atoms with E-state index >= 15 is 0 Å². The third-order valence-electron chi connectivity index (χ3n) is 4.44. The lowest BCUT2D eigenvalue weighted by Gasteiger charge is -2.20. The molecule has 0 aliphatic heterocycles.